The number of hydrogen-bond donors (Lipinski definition) is 0. The molecule has 77 heavy (non-hydrogen) atoms. The highest BCUT2D eigenvalue weighted by molar-refractivity contribution is 6.43. The zero-order chi connectivity index (χ0) is 54.8. The molecule has 0 aliphatic heterocycles. The Balaban J connectivity index is 1.98. The Kier molecular flexibility index (Phi) is 51.7. The highest BCUT2D eigenvalue weighted by Gasteiger charge is 2.14. The minimum absolute atomic E-state index is 0.997. The van der Waals surface area contributed by atoms with E-state index in [-0.39, 0.29) is 0 Å². The average Bonchev–Trinajstić information content (AvgIpc) is 3.45. The van der Waals surface area contributed by atoms with Crippen LogP contribution in [0.25, 0.3) is 0 Å². The molecule has 0 spiro atoms. The van der Waals surface area contributed by atoms with Crippen LogP contribution in [0, 0.1) is 0 Å². The van der Waals surface area contributed by atoms with Gasteiger partial charge in [0, 0.05) is 0 Å². The van der Waals surface area contributed by atoms with Crippen molar-refractivity contribution in [2.75, 3.05) is 0 Å². The zero-order valence-corrected chi connectivity index (χ0v) is 52.3. The fourth-order valence-corrected chi connectivity index (χ4v) is 11.3. The van der Waals surface area contributed by atoms with Gasteiger partial charge < -0.3 is 0 Å². The maximum absolute atomic E-state index is 5.65. The van der Waals surface area contributed by atoms with Crippen molar-refractivity contribution < 1.29 is 0 Å². The maximum Gasteiger partial charge on any atom is 0.0665 e. The highest BCUT2D eigenvalue weighted by atomic mass is 14.8. The number of rotatable bonds is 58. The Morgan fingerprint density at radius 1 is 0.260 bits per heavy atom. The summed E-state index contributed by atoms with van der Waals surface area (Å²) in [5, 5.41) is 0. The van der Waals surface area contributed by atoms with Crippen LogP contribution >= 0.6 is 0 Å². The molecule has 0 radical (unpaired) electrons. The number of aliphatic imine (C=N–C) groups is 2. The van der Waals surface area contributed by atoms with Crippen LogP contribution in [0.3, 0.4) is 0 Å². The van der Waals surface area contributed by atoms with Gasteiger partial charge in [-0.05, 0) is 113 Å². The second-order valence-electron chi connectivity index (χ2n) is 24.0. The SMILES string of the molecule is CCCCCCCCCCCCCCC=CCCCc1ccccc1N=C(CCCC)C(CCCCCCCCCCCCCCCCCCC)=Nc1ccccc1CCCC=CCCCCCCCCCCCCCC. The lowest BCUT2D eigenvalue weighted by Gasteiger charge is -2.14. The van der Waals surface area contributed by atoms with Gasteiger partial charge in [-0.1, -0.05) is 339 Å². The lowest BCUT2D eigenvalue weighted by molar-refractivity contribution is 0.528. The van der Waals surface area contributed by atoms with Gasteiger partial charge in [-0.2, -0.15) is 0 Å². The second kappa shape index (κ2) is 56.5. The van der Waals surface area contributed by atoms with E-state index >= 15 is 0 Å². The lowest BCUT2D eigenvalue weighted by Crippen LogP contribution is -2.15. The first-order valence-electron chi connectivity index (χ1n) is 34.8. The van der Waals surface area contributed by atoms with E-state index < -0.39 is 0 Å². The van der Waals surface area contributed by atoms with Crippen molar-refractivity contribution in [1.29, 1.82) is 0 Å². The van der Waals surface area contributed by atoms with Crippen LogP contribution in [0.2, 0.25) is 0 Å². The summed E-state index contributed by atoms with van der Waals surface area (Å²) >= 11 is 0. The van der Waals surface area contributed by atoms with Gasteiger partial charge in [0.1, 0.15) is 0 Å². The Labute approximate surface area is 482 Å². The fraction of sp³-hybridized carbons (Fsp3) is 0.760. The van der Waals surface area contributed by atoms with Crippen LogP contribution in [0.5, 0.6) is 0 Å². The topological polar surface area (TPSA) is 24.7 Å². The van der Waals surface area contributed by atoms with Crippen LogP contribution in [0.4, 0.5) is 11.4 Å². The first-order valence-corrected chi connectivity index (χ1v) is 34.8. The summed E-state index contributed by atoms with van der Waals surface area (Å²) in [5.41, 5.74) is 7.59. The van der Waals surface area contributed by atoms with Gasteiger partial charge >= 0.3 is 0 Å². The smallest absolute Gasteiger partial charge is 0.0665 e. The first kappa shape index (κ1) is 70.4. The first-order chi connectivity index (χ1) is 38.2. The number of benzene rings is 2. The van der Waals surface area contributed by atoms with Gasteiger partial charge in [0.25, 0.3) is 0 Å². The molecule has 0 N–H and O–H groups in total. The third-order valence-electron chi connectivity index (χ3n) is 16.5. The van der Waals surface area contributed by atoms with Crippen molar-refractivity contribution in [3.8, 4) is 0 Å². The molecular formula is C75H130N2. The van der Waals surface area contributed by atoms with E-state index in [0.29, 0.717) is 0 Å². The number of hydrogen-bond acceptors (Lipinski definition) is 2. The molecule has 2 rings (SSSR count). The Morgan fingerprint density at radius 3 is 0.792 bits per heavy atom. The minimum atomic E-state index is 0.997. The third-order valence-corrected chi connectivity index (χ3v) is 16.5. The molecule has 0 bridgehead atoms. The van der Waals surface area contributed by atoms with Gasteiger partial charge in [-0.3, -0.25) is 9.98 Å². The standard InChI is InChI=1S/C75H130N2/c1-5-9-13-16-19-22-25-28-31-34-37-40-43-46-49-52-55-62-70-64-58-60-67-72(70)76-74(66-12-8-4)75(69-57-54-51-48-45-42-39-36-33-30-27-24-21-18-15-11-7-3)77-73-68-61-59-65-71(73)63-56-53-50-47-44-41-38-35-32-29-26-23-20-17-14-10-6-2/h46-47,49-50,58-61,64-65,67-68H,5-45,48,51-57,62-63,66,69H2,1-4H3. The van der Waals surface area contributed by atoms with E-state index in [1.807, 2.05) is 0 Å². The van der Waals surface area contributed by atoms with Gasteiger partial charge in [-0.25, -0.2) is 0 Å². The predicted octanol–water partition coefficient (Wildman–Crippen LogP) is 26.7. The molecule has 0 aliphatic rings. The molecule has 0 saturated carbocycles. The summed E-state index contributed by atoms with van der Waals surface area (Å²) in [7, 11) is 0. The lowest BCUT2D eigenvalue weighted by atomic mass is 9.99. The van der Waals surface area contributed by atoms with Crippen molar-refractivity contribution in [2.45, 2.75) is 368 Å². The van der Waals surface area contributed by atoms with Gasteiger partial charge in [0.15, 0.2) is 0 Å². The van der Waals surface area contributed by atoms with Crippen molar-refractivity contribution >= 4 is 22.8 Å². The number of nitrogens with zero attached hydrogens (tertiary/aromatic N) is 2. The molecule has 0 heterocycles. The average molecular weight is 1060 g/mol. The number of unbranched alkanes of at least 4 members (excludes halogenated alkanes) is 43. The number of allylic oxidation sites excluding steroid dienone is 4. The molecule has 0 aliphatic carbocycles. The normalized spacial score (nSPS) is 12.4. The largest absolute Gasteiger partial charge is 0.251 e. The predicted molar refractivity (Wildman–Crippen MR) is 351 cm³/mol. The summed E-state index contributed by atoms with van der Waals surface area (Å²) in [6.45, 7) is 9.26. The van der Waals surface area contributed by atoms with Crippen molar-refractivity contribution in [2.24, 2.45) is 9.98 Å². The zero-order valence-electron chi connectivity index (χ0n) is 52.3. The highest BCUT2D eigenvalue weighted by Crippen LogP contribution is 2.27. The second-order valence-corrected chi connectivity index (χ2v) is 24.0. The Bertz CT molecular complexity index is 1660. The fourth-order valence-electron chi connectivity index (χ4n) is 11.3. The number of aryl methyl sites for hydroxylation is 2. The molecular weight excluding hydrogens is 929 g/mol. The summed E-state index contributed by atoms with van der Waals surface area (Å²) in [4.78, 5) is 11.3. The quantitative estimate of drug-likeness (QED) is 0.0358. The Morgan fingerprint density at radius 2 is 0.494 bits per heavy atom. The van der Waals surface area contributed by atoms with E-state index in [9.17, 15) is 0 Å². The van der Waals surface area contributed by atoms with E-state index in [0.717, 1.165) is 50.6 Å². The molecule has 2 nitrogen and oxygen atoms in total. The summed E-state index contributed by atoms with van der Waals surface area (Å²) < 4.78 is 0. The molecule has 2 heteroatoms. The van der Waals surface area contributed by atoms with E-state index in [1.165, 1.54) is 324 Å². The van der Waals surface area contributed by atoms with Crippen molar-refractivity contribution in [3.63, 3.8) is 0 Å². The summed E-state index contributed by atoms with van der Waals surface area (Å²) in [6, 6.07) is 18.1. The van der Waals surface area contributed by atoms with Crippen LogP contribution < -0.4 is 0 Å². The summed E-state index contributed by atoms with van der Waals surface area (Å²) in [5.74, 6) is 0. The van der Waals surface area contributed by atoms with Crippen LogP contribution in [0.1, 0.15) is 366 Å². The monoisotopic (exact) mass is 1060 g/mol. The van der Waals surface area contributed by atoms with E-state index in [4.69, 9.17) is 9.98 Å². The van der Waals surface area contributed by atoms with Gasteiger partial charge in [0.2, 0.25) is 0 Å². The van der Waals surface area contributed by atoms with Crippen LogP contribution in [0.15, 0.2) is 82.8 Å². The summed E-state index contributed by atoms with van der Waals surface area (Å²) in [6.07, 6.45) is 81.3. The molecule has 0 amide bonds. The van der Waals surface area contributed by atoms with Crippen molar-refractivity contribution in [3.05, 3.63) is 84.0 Å². The number of para-hydroxylation sites is 2. The molecule has 440 valence electrons. The van der Waals surface area contributed by atoms with Gasteiger partial charge in [0.05, 0.1) is 22.8 Å². The maximum atomic E-state index is 5.65. The molecule has 0 atom stereocenters. The van der Waals surface area contributed by atoms with Gasteiger partial charge in [-0.15, -0.1) is 0 Å². The van der Waals surface area contributed by atoms with Crippen LogP contribution in [-0.4, -0.2) is 11.4 Å². The molecule has 0 aromatic heterocycles. The molecule has 0 fully saturated rings. The van der Waals surface area contributed by atoms with E-state index in [2.05, 4.69) is 101 Å². The van der Waals surface area contributed by atoms with E-state index in [1.54, 1.807) is 0 Å². The molecule has 2 aromatic carbocycles. The van der Waals surface area contributed by atoms with Crippen LogP contribution in [-0.2, 0) is 12.8 Å². The molecule has 2 aromatic rings. The third kappa shape index (κ3) is 43.7. The van der Waals surface area contributed by atoms with Crippen molar-refractivity contribution in [1.82, 2.24) is 0 Å². The molecule has 0 saturated heterocycles. The minimum Gasteiger partial charge on any atom is -0.251 e. The molecule has 0 unspecified atom stereocenters. The Hall–Kier alpha value is -2.74.